The molecule has 2 fully saturated rings. The highest BCUT2D eigenvalue weighted by atomic mass is 19.2. The first-order chi connectivity index (χ1) is 12.4. The van der Waals surface area contributed by atoms with E-state index in [1.807, 2.05) is 0 Å². The van der Waals surface area contributed by atoms with E-state index in [0.29, 0.717) is 25.5 Å². The summed E-state index contributed by atoms with van der Waals surface area (Å²) in [6.45, 7) is 1.57. The van der Waals surface area contributed by atoms with Crippen molar-refractivity contribution in [3.63, 3.8) is 0 Å². The first-order valence-corrected chi connectivity index (χ1v) is 8.23. The first-order valence-electron chi connectivity index (χ1n) is 8.23. The summed E-state index contributed by atoms with van der Waals surface area (Å²) in [6, 6.07) is 3.35. The van der Waals surface area contributed by atoms with Gasteiger partial charge in [0, 0.05) is 19.0 Å². The Morgan fingerprint density at radius 3 is 2.77 bits per heavy atom. The topological polar surface area (TPSA) is 56.6 Å². The lowest BCUT2D eigenvalue weighted by atomic mass is 10.0. The molecule has 3 aliphatic rings. The number of halogens is 3. The van der Waals surface area contributed by atoms with Crippen LogP contribution < -0.4 is 15.3 Å². The lowest BCUT2D eigenvalue weighted by Crippen LogP contribution is -2.46. The molecule has 2 saturated heterocycles. The SMILES string of the molecule is O=c1nc(OCc2cc(F)c(F)c(F)c2)cc2n1C[C@]13CO[C@H](CN21)C3. The zero-order valence-corrected chi connectivity index (χ0v) is 13.5. The predicted molar refractivity (Wildman–Crippen MR) is 83.6 cm³/mol. The van der Waals surface area contributed by atoms with Crippen molar-refractivity contribution in [1.29, 1.82) is 0 Å². The van der Waals surface area contributed by atoms with E-state index in [1.54, 1.807) is 10.6 Å². The van der Waals surface area contributed by atoms with Crippen LogP contribution in [0.25, 0.3) is 0 Å². The molecule has 26 heavy (non-hydrogen) atoms. The molecule has 2 bridgehead atoms. The number of hydrogen-bond donors (Lipinski definition) is 0. The summed E-state index contributed by atoms with van der Waals surface area (Å²) in [6.07, 6.45) is 1.04. The molecular formula is C17H14F3N3O3. The monoisotopic (exact) mass is 365 g/mol. The molecule has 0 saturated carbocycles. The fourth-order valence-corrected chi connectivity index (χ4v) is 4.11. The molecule has 5 rings (SSSR count). The summed E-state index contributed by atoms with van der Waals surface area (Å²) in [5.41, 5.74) is -0.532. The lowest BCUT2D eigenvalue weighted by Gasteiger charge is -2.32. The Hall–Kier alpha value is -2.55. The number of aromatic nitrogens is 2. The Labute approximate surface area is 145 Å². The molecule has 2 atom stereocenters. The van der Waals surface area contributed by atoms with Gasteiger partial charge >= 0.3 is 5.69 Å². The second-order valence-corrected chi connectivity index (χ2v) is 6.96. The summed E-state index contributed by atoms with van der Waals surface area (Å²) in [5, 5.41) is 0. The number of morpholine rings is 1. The average Bonchev–Trinajstić information content (AvgIpc) is 3.26. The van der Waals surface area contributed by atoms with Gasteiger partial charge in [0.2, 0.25) is 5.88 Å². The fraction of sp³-hybridized carbons (Fsp3) is 0.412. The van der Waals surface area contributed by atoms with E-state index in [0.717, 1.165) is 18.6 Å². The van der Waals surface area contributed by atoms with Gasteiger partial charge in [-0.2, -0.15) is 4.98 Å². The summed E-state index contributed by atoms with van der Waals surface area (Å²) in [4.78, 5) is 18.4. The Morgan fingerprint density at radius 2 is 2.04 bits per heavy atom. The van der Waals surface area contributed by atoms with E-state index in [4.69, 9.17) is 9.47 Å². The maximum Gasteiger partial charge on any atom is 0.352 e. The van der Waals surface area contributed by atoms with Crippen LogP contribution in [0.15, 0.2) is 23.0 Å². The third-order valence-electron chi connectivity index (χ3n) is 5.28. The Morgan fingerprint density at radius 1 is 1.27 bits per heavy atom. The van der Waals surface area contributed by atoms with Gasteiger partial charge in [0.25, 0.3) is 0 Å². The Balaban J connectivity index is 1.42. The van der Waals surface area contributed by atoms with Crippen LogP contribution in [0.4, 0.5) is 19.0 Å². The standard InChI is InChI=1S/C17H14F3N3O3/c18-11-1-9(2-12(19)15(11)20)6-25-13-3-14-22(16(24)21-13)7-17-4-10(26-8-17)5-23(14)17/h1-3,10H,4-8H2/t10-,17+/m0/s1. The van der Waals surface area contributed by atoms with Crippen LogP contribution >= 0.6 is 0 Å². The van der Waals surface area contributed by atoms with Gasteiger partial charge in [-0.1, -0.05) is 0 Å². The van der Waals surface area contributed by atoms with Crippen molar-refractivity contribution >= 4 is 5.82 Å². The number of benzene rings is 1. The smallest absolute Gasteiger partial charge is 0.352 e. The molecule has 3 aliphatic heterocycles. The third-order valence-corrected chi connectivity index (χ3v) is 5.28. The number of fused-ring (bicyclic) bond motifs is 3. The van der Waals surface area contributed by atoms with E-state index in [2.05, 4.69) is 9.88 Å². The number of nitrogens with zero attached hydrogens (tertiary/aromatic N) is 3. The van der Waals surface area contributed by atoms with Gasteiger partial charge in [0.15, 0.2) is 17.5 Å². The summed E-state index contributed by atoms with van der Waals surface area (Å²) in [7, 11) is 0. The van der Waals surface area contributed by atoms with Crippen molar-refractivity contribution < 1.29 is 22.6 Å². The molecule has 0 unspecified atom stereocenters. The highest BCUT2D eigenvalue weighted by molar-refractivity contribution is 5.52. The largest absolute Gasteiger partial charge is 0.473 e. The highest BCUT2D eigenvalue weighted by Crippen LogP contribution is 2.46. The van der Waals surface area contributed by atoms with Crippen LogP contribution in [-0.4, -0.2) is 34.3 Å². The minimum atomic E-state index is -1.53. The molecule has 4 heterocycles. The Kier molecular flexibility index (Phi) is 3.15. The number of rotatable bonds is 3. The molecule has 6 nitrogen and oxygen atoms in total. The number of ether oxygens (including phenoxy) is 2. The fourth-order valence-electron chi connectivity index (χ4n) is 4.11. The summed E-state index contributed by atoms with van der Waals surface area (Å²) >= 11 is 0. The molecule has 2 aromatic rings. The van der Waals surface area contributed by atoms with E-state index < -0.39 is 23.1 Å². The molecule has 9 heteroatoms. The first kappa shape index (κ1) is 15.7. The Bertz CT molecular complexity index is 956. The molecule has 1 aromatic carbocycles. The van der Waals surface area contributed by atoms with Crippen molar-refractivity contribution in [2.75, 3.05) is 18.1 Å². The molecule has 136 valence electrons. The quantitative estimate of drug-likeness (QED) is 0.774. The van der Waals surface area contributed by atoms with Crippen molar-refractivity contribution in [1.82, 2.24) is 9.55 Å². The van der Waals surface area contributed by atoms with Crippen molar-refractivity contribution in [3.05, 3.63) is 51.7 Å². The van der Waals surface area contributed by atoms with Crippen molar-refractivity contribution in [2.45, 2.75) is 31.2 Å². The van der Waals surface area contributed by atoms with Gasteiger partial charge in [-0.3, -0.25) is 4.57 Å². The minimum Gasteiger partial charge on any atom is -0.473 e. The number of anilines is 1. The van der Waals surface area contributed by atoms with E-state index in [-0.39, 0.29) is 29.7 Å². The van der Waals surface area contributed by atoms with Crippen LogP contribution in [0.1, 0.15) is 12.0 Å². The van der Waals surface area contributed by atoms with Crippen molar-refractivity contribution in [3.8, 4) is 5.88 Å². The average molecular weight is 365 g/mol. The normalized spacial score (nSPS) is 25.5. The second kappa shape index (κ2) is 5.23. The summed E-state index contributed by atoms with van der Waals surface area (Å²) in [5.74, 6) is -3.34. The lowest BCUT2D eigenvalue weighted by molar-refractivity contribution is 0.0856. The van der Waals surface area contributed by atoms with Crippen LogP contribution in [0, 0.1) is 17.5 Å². The highest BCUT2D eigenvalue weighted by Gasteiger charge is 2.56. The molecule has 0 aliphatic carbocycles. The van der Waals surface area contributed by atoms with E-state index in [9.17, 15) is 18.0 Å². The van der Waals surface area contributed by atoms with Gasteiger partial charge < -0.3 is 14.4 Å². The molecule has 0 N–H and O–H groups in total. The van der Waals surface area contributed by atoms with Crippen LogP contribution in [-0.2, 0) is 17.9 Å². The van der Waals surface area contributed by atoms with E-state index >= 15 is 0 Å². The van der Waals surface area contributed by atoms with E-state index in [1.165, 1.54) is 0 Å². The van der Waals surface area contributed by atoms with Gasteiger partial charge in [-0.15, -0.1) is 0 Å². The number of hydrogen-bond acceptors (Lipinski definition) is 5. The zero-order valence-electron chi connectivity index (χ0n) is 13.5. The van der Waals surface area contributed by atoms with Crippen LogP contribution in [0.5, 0.6) is 5.88 Å². The van der Waals surface area contributed by atoms with Gasteiger partial charge in [0.05, 0.1) is 24.8 Å². The molecule has 0 amide bonds. The van der Waals surface area contributed by atoms with Crippen LogP contribution in [0.2, 0.25) is 0 Å². The van der Waals surface area contributed by atoms with Gasteiger partial charge in [-0.25, -0.2) is 18.0 Å². The maximum atomic E-state index is 13.3. The molecule has 1 aromatic heterocycles. The van der Waals surface area contributed by atoms with Crippen LogP contribution in [0.3, 0.4) is 0 Å². The molecular weight excluding hydrogens is 351 g/mol. The third kappa shape index (κ3) is 2.16. The minimum absolute atomic E-state index is 0.0622. The van der Waals surface area contributed by atoms with Crippen molar-refractivity contribution in [2.24, 2.45) is 0 Å². The maximum absolute atomic E-state index is 13.3. The summed E-state index contributed by atoms with van der Waals surface area (Å²) < 4.78 is 52.3. The molecule has 0 radical (unpaired) electrons. The molecule has 1 spiro atoms. The van der Waals surface area contributed by atoms with Gasteiger partial charge in [0.1, 0.15) is 12.4 Å². The second-order valence-electron chi connectivity index (χ2n) is 6.96. The zero-order chi connectivity index (χ0) is 18.1. The predicted octanol–water partition coefficient (Wildman–Crippen LogP) is 1.60. The van der Waals surface area contributed by atoms with Gasteiger partial charge in [-0.05, 0) is 17.7 Å².